The number of carboxylic acid groups (broad SMARTS) is 1. The zero-order valence-electron chi connectivity index (χ0n) is 14.8. The van der Waals surface area contributed by atoms with Crippen molar-refractivity contribution < 1.29 is 23.1 Å². The fraction of sp³-hybridized carbons (Fsp3) is 0.667. The number of amides is 1. The summed E-state index contributed by atoms with van der Waals surface area (Å²) in [6.07, 6.45) is 3.27. The van der Waals surface area contributed by atoms with E-state index in [4.69, 9.17) is 0 Å². The number of aromatic nitrogens is 2. The zero-order chi connectivity index (χ0) is 19.0. The molecule has 9 nitrogen and oxygen atoms in total. The molecule has 2 rings (SSSR count). The molecule has 25 heavy (non-hydrogen) atoms. The lowest BCUT2D eigenvalue weighted by Crippen LogP contribution is -2.48. The molecule has 2 N–H and O–H groups in total. The summed E-state index contributed by atoms with van der Waals surface area (Å²) < 4.78 is 26.8. The van der Waals surface area contributed by atoms with Crippen LogP contribution in [-0.2, 0) is 25.2 Å². The zero-order valence-corrected chi connectivity index (χ0v) is 15.6. The summed E-state index contributed by atoms with van der Waals surface area (Å²) in [4.78, 5) is 23.9. The second-order valence-corrected chi connectivity index (χ2v) is 9.04. The Morgan fingerprint density at radius 2 is 2.00 bits per heavy atom. The van der Waals surface area contributed by atoms with Crippen molar-refractivity contribution in [1.29, 1.82) is 0 Å². The fourth-order valence-electron chi connectivity index (χ4n) is 2.74. The lowest BCUT2D eigenvalue weighted by atomic mass is 10.0. The predicted octanol–water partition coefficient (Wildman–Crippen LogP) is 0.701. The van der Waals surface area contributed by atoms with E-state index in [2.05, 4.69) is 10.4 Å². The summed E-state index contributed by atoms with van der Waals surface area (Å²) in [5, 5.41) is 15.9. The van der Waals surface area contributed by atoms with Crippen LogP contribution in [-0.4, -0.2) is 57.8 Å². The Hall–Kier alpha value is -1.94. The van der Waals surface area contributed by atoms with Gasteiger partial charge in [-0.25, -0.2) is 13.2 Å². The molecule has 0 radical (unpaired) electrons. The standard InChI is InChI=1S/C15H24N4O5S/c1-10(2)12(18-6-5-7-25(18,23)24)13(20)17-11-8-16-19(9-11)15(3,4)14(21)22/h8-10,12H,5-7H2,1-4H3,(H,17,20)(H,21,22). The van der Waals surface area contributed by atoms with Gasteiger partial charge in [0.2, 0.25) is 15.9 Å². The van der Waals surface area contributed by atoms with E-state index in [1.807, 2.05) is 0 Å². The Morgan fingerprint density at radius 1 is 1.36 bits per heavy atom. The van der Waals surface area contributed by atoms with Crippen LogP contribution >= 0.6 is 0 Å². The summed E-state index contributed by atoms with van der Waals surface area (Å²) in [5.41, 5.74) is -0.944. The quantitative estimate of drug-likeness (QED) is 0.758. The Bertz CT molecular complexity index is 769. The molecule has 1 fully saturated rings. The van der Waals surface area contributed by atoms with Gasteiger partial charge in [0.1, 0.15) is 6.04 Å². The molecule has 1 aliphatic rings. The number of nitrogens with one attached hydrogen (secondary N) is 1. The van der Waals surface area contributed by atoms with Crippen LogP contribution in [0.4, 0.5) is 5.69 Å². The second kappa shape index (κ2) is 6.75. The number of hydrogen-bond donors (Lipinski definition) is 2. The van der Waals surface area contributed by atoms with Gasteiger partial charge in [-0.3, -0.25) is 9.48 Å². The normalized spacial score (nSPS) is 19.1. The fourth-order valence-corrected chi connectivity index (χ4v) is 4.57. The van der Waals surface area contributed by atoms with Crippen molar-refractivity contribution >= 4 is 27.6 Å². The maximum Gasteiger partial charge on any atom is 0.331 e. The lowest BCUT2D eigenvalue weighted by Gasteiger charge is -2.28. The average Bonchev–Trinajstić information content (AvgIpc) is 3.06. The minimum Gasteiger partial charge on any atom is -0.479 e. The van der Waals surface area contributed by atoms with Gasteiger partial charge in [0, 0.05) is 12.7 Å². The molecule has 1 aliphatic heterocycles. The maximum atomic E-state index is 12.7. The van der Waals surface area contributed by atoms with Gasteiger partial charge < -0.3 is 10.4 Å². The van der Waals surface area contributed by atoms with Crippen molar-refractivity contribution in [3.05, 3.63) is 12.4 Å². The highest BCUT2D eigenvalue weighted by molar-refractivity contribution is 7.89. The number of nitrogens with zero attached hydrogens (tertiary/aromatic N) is 3. The van der Waals surface area contributed by atoms with E-state index in [1.165, 1.54) is 35.2 Å². The molecule has 0 aliphatic carbocycles. The number of rotatable bonds is 6. The van der Waals surface area contributed by atoms with Crippen molar-refractivity contribution in [2.24, 2.45) is 5.92 Å². The van der Waals surface area contributed by atoms with E-state index in [0.717, 1.165) is 0 Å². The van der Waals surface area contributed by atoms with Crippen molar-refractivity contribution in [3.63, 3.8) is 0 Å². The van der Waals surface area contributed by atoms with E-state index < -0.39 is 33.5 Å². The van der Waals surface area contributed by atoms with Gasteiger partial charge in [0.15, 0.2) is 5.54 Å². The Balaban J connectivity index is 2.20. The lowest BCUT2D eigenvalue weighted by molar-refractivity contribution is -0.146. The number of carbonyl (C=O) groups excluding carboxylic acids is 1. The van der Waals surface area contributed by atoms with Crippen LogP contribution in [0.15, 0.2) is 12.4 Å². The molecule has 1 aromatic heterocycles. The molecule has 1 amide bonds. The summed E-state index contributed by atoms with van der Waals surface area (Å²) in [6.45, 7) is 6.87. The van der Waals surface area contributed by atoms with Gasteiger partial charge in [0.25, 0.3) is 0 Å². The molecule has 1 aromatic rings. The topological polar surface area (TPSA) is 122 Å². The van der Waals surface area contributed by atoms with Crippen LogP contribution < -0.4 is 5.32 Å². The van der Waals surface area contributed by atoms with Crippen LogP contribution in [0.25, 0.3) is 0 Å². The highest BCUT2D eigenvalue weighted by Gasteiger charge is 2.40. The molecule has 0 aromatic carbocycles. The molecule has 0 bridgehead atoms. The first-order valence-corrected chi connectivity index (χ1v) is 9.66. The third-order valence-corrected chi connectivity index (χ3v) is 6.22. The minimum absolute atomic E-state index is 0.0498. The number of hydrogen-bond acceptors (Lipinski definition) is 5. The van der Waals surface area contributed by atoms with E-state index in [-0.39, 0.29) is 11.7 Å². The summed E-state index contributed by atoms with van der Waals surface area (Å²) in [7, 11) is -3.42. The molecule has 0 saturated carbocycles. The van der Waals surface area contributed by atoms with E-state index in [1.54, 1.807) is 13.8 Å². The maximum absolute atomic E-state index is 12.7. The van der Waals surface area contributed by atoms with E-state index in [9.17, 15) is 23.1 Å². The molecule has 140 valence electrons. The number of sulfonamides is 1. The number of anilines is 1. The van der Waals surface area contributed by atoms with E-state index >= 15 is 0 Å². The van der Waals surface area contributed by atoms with E-state index in [0.29, 0.717) is 18.7 Å². The van der Waals surface area contributed by atoms with Crippen LogP contribution in [0.2, 0.25) is 0 Å². The van der Waals surface area contributed by atoms with Crippen molar-refractivity contribution in [2.45, 2.75) is 45.7 Å². The SMILES string of the molecule is CC(C)C(C(=O)Nc1cnn(C(C)(C)C(=O)O)c1)N1CCCS1(=O)=O. The Labute approximate surface area is 147 Å². The van der Waals surface area contributed by atoms with Crippen LogP contribution in [0.5, 0.6) is 0 Å². The first-order valence-electron chi connectivity index (χ1n) is 8.05. The first-order chi connectivity index (χ1) is 11.5. The minimum atomic E-state index is -3.42. The van der Waals surface area contributed by atoms with Gasteiger partial charge in [-0.1, -0.05) is 13.8 Å². The highest BCUT2D eigenvalue weighted by atomic mass is 32.2. The van der Waals surface area contributed by atoms with Crippen LogP contribution in [0.1, 0.15) is 34.1 Å². The third-order valence-electron chi connectivity index (χ3n) is 4.29. The molecule has 10 heteroatoms. The first kappa shape index (κ1) is 19.4. The molecular formula is C15H24N4O5S. The molecule has 0 spiro atoms. The predicted molar refractivity (Wildman–Crippen MR) is 91.6 cm³/mol. The van der Waals surface area contributed by atoms with Crippen LogP contribution in [0, 0.1) is 5.92 Å². The van der Waals surface area contributed by atoms with Crippen molar-refractivity contribution in [2.75, 3.05) is 17.6 Å². The molecule has 2 heterocycles. The highest BCUT2D eigenvalue weighted by Crippen LogP contribution is 2.24. The molecular weight excluding hydrogens is 348 g/mol. The second-order valence-electron chi connectivity index (χ2n) is 7.00. The van der Waals surface area contributed by atoms with Crippen molar-refractivity contribution in [1.82, 2.24) is 14.1 Å². The number of carboxylic acids is 1. The summed E-state index contributed by atoms with van der Waals surface area (Å²) in [5.74, 6) is -1.67. The van der Waals surface area contributed by atoms with Crippen molar-refractivity contribution in [3.8, 4) is 0 Å². The van der Waals surface area contributed by atoms with Gasteiger partial charge in [0.05, 0.1) is 17.6 Å². The van der Waals surface area contributed by atoms with Gasteiger partial charge in [-0.15, -0.1) is 0 Å². The number of carbonyl (C=O) groups is 2. The monoisotopic (exact) mass is 372 g/mol. The van der Waals surface area contributed by atoms with Gasteiger partial charge >= 0.3 is 5.97 Å². The average molecular weight is 372 g/mol. The van der Waals surface area contributed by atoms with Crippen LogP contribution in [0.3, 0.4) is 0 Å². The number of aliphatic carboxylic acids is 1. The molecule has 1 atom stereocenters. The Morgan fingerprint density at radius 3 is 2.48 bits per heavy atom. The smallest absolute Gasteiger partial charge is 0.331 e. The summed E-state index contributed by atoms with van der Waals surface area (Å²) in [6, 6.07) is -0.816. The Kier molecular flexibility index (Phi) is 5.24. The molecule has 1 saturated heterocycles. The van der Waals surface area contributed by atoms with Gasteiger partial charge in [-0.05, 0) is 26.2 Å². The molecule has 1 unspecified atom stereocenters. The third kappa shape index (κ3) is 3.84. The largest absolute Gasteiger partial charge is 0.479 e. The van der Waals surface area contributed by atoms with Gasteiger partial charge in [-0.2, -0.15) is 9.40 Å². The summed E-state index contributed by atoms with van der Waals surface area (Å²) >= 11 is 0.